The summed E-state index contributed by atoms with van der Waals surface area (Å²) in [6.07, 6.45) is 12.4. The first-order valence-corrected chi connectivity index (χ1v) is 21.2. The number of ether oxygens (including phenoxy) is 1. The van der Waals surface area contributed by atoms with Crippen LogP contribution in [0.25, 0.3) is 11.3 Å². The summed E-state index contributed by atoms with van der Waals surface area (Å²) in [6.45, 7) is 18.7. The highest BCUT2D eigenvalue weighted by Crippen LogP contribution is 2.40. The molecule has 3 heterocycles. The molecule has 2 aromatic carbocycles. The van der Waals surface area contributed by atoms with Gasteiger partial charge in [-0.05, 0) is 78.2 Å². The number of hydrogen-bond acceptors (Lipinski definition) is 8. The Balaban J connectivity index is 1.42. The van der Waals surface area contributed by atoms with Gasteiger partial charge in [0.1, 0.15) is 5.82 Å². The summed E-state index contributed by atoms with van der Waals surface area (Å²) in [5.41, 5.74) is 6.84. The molecule has 1 N–H and O–H groups in total. The molecule has 2 aliphatic rings. The minimum absolute atomic E-state index is 0.0104. The first kappa shape index (κ1) is 39.6. The van der Waals surface area contributed by atoms with Gasteiger partial charge in [-0.3, -0.25) is 0 Å². The van der Waals surface area contributed by atoms with Gasteiger partial charge >= 0.3 is 0 Å². The van der Waals surface area contributed by atoms with Crippen molar-refractivity contribution in [2.24, 2.45) is 22.7 Å². The number of nitrogens with zero attached hydrogens (tertiary/aromatic N) is 5. The summed E-state index contributed by atoms with van der Waals surface area (Å²) in [4.78, 5) is 21.7. The Morgan fingerprint density at radius 1 is 0.889 bits per heavy atom. The van der Waals surface area contributed by atoms with Crippen molar-refractivity contribution in [3.05, 3.63) is 82.9 Å². The van der Waals surface area contributed by atoms with Crippen LogP contribution in [0.15, 0.2) is 59.8 Å². The summed E-state index contributed by atoms with van der Waals surface area (Å²) in [5, 5.41) is 0. The number of benzene rings is 2. The lowest BCUT2D eigenvalue weighted by Gasteiger charge is -2.33. The molecule has 54 heavy (non-hydrogen) atoms. The fourth-order valence-electron chi connectivity index (χ4n) is 8.45. The molecule has 10 heteroatoms. The maximum absolute atomic E-state index is 14.1. The molecule has 0 amide bonds. The average Bonchev–Trinajstić information content (AvgIpc) is 3.09. The topological polar surface area (TPSA) is 110 Å². The van der Waals surface area contributed by atoms with Crippen molar-refractivity contribution in [2.45, 2.75) is 118 Å². The summed E-state index contributed by atoms with van der Waals surface area (Å²) in [5.74, 6) is 1.60. The van der Waals surface area contributed by atoms with Gasteiger partial charge in [0.15, 0.2) is 0 Å². The highest BCUT2D eigenvalue weighted by atomic mass is 32.2. The SMILES string of the molecule is Cc1cccc(CC2CCCCC2)c1-c1nc2nc(c1C)OC[C@@H](CC(C)(C)C)C(Cc1ncc(N(C)CC(C)(C)C)cn1)c1cccc(c1)S(=O)(=O)N2. The maximum atomic E-state index is 14.1. The Hall–Kier alpha value is -4.05. The molecule has 4 aromatic rings. The van der Waals surface area contributed by atoms with Gasteiger partial charge in [0.25, 0.3) is 10.0 Å². The first-order valence-electron chi connectivity index (χ1n) is 19.7. The highest BCUT2D eigenvalue weighted by molar-refractivity contribution is 7.92. The maximum Gasteiger partial charge on any atom is 0.264 e. The van der Waals surface area contributed by atoms with Crippen LogP contribution in [0.2, 0.25) is 0 Å². The van der Waals surface area contributed by atoms with Crippen molar-refractivity contribution < 1.29 is 13.2 Å². The third kappa shape index (κ3) is 9.78. The van der Waals surface area contributed by atoms with E-state index in [-0.39, 0.29) is 33.5 Å². The van der Waals surface area contributed by atoms with E-state index in [0.29, 0.717) is 36.3 Å². The molecule has 1 aliphatic heterocycles. The summed E-state index contributed by atoms with van der Waals surface area (Å²) in [6, 6.07) is 13.7. The van der Waals surface area contributed by atoms with Gasteiger partial charge in [0, 0.05) is 37.1 Å². The molecule has 9 nitrogen and oxygen atoms in total. The molecule has 2 aromatic heterocycles. The molecule has 1 unspecified atom stereocenters. The van der Waals surface area contributed by atoms with Gasteiger partial charge in [0.2, 0.25) is 11.8 Å². The van der Waals surface area contributed by atoms with Crippen LogP contribution in [0, 0.1) is 36.5 Å². The van der Waals surface area contributed by atoms with Crippen LogP contribution in [0.5, 0.6) is 5.88 Å². The van der Waals surface area contributed by atoms with Gasteiger partial charge in [-0.25, -0.2) is 28.1 Å². The van der Waals surface area contributed by atoms with Crippen LogP contribution < -0.4 is 14.4 Å². The van der Waals surface area contributed by atoms with Crippen LogP contribution in [0.3, 0.4) is 0 Å². The van der Waals surface area contributed by atoms with E-state index in [0.717, 1.165) is 47.3 Å². The molecule has 1 fully saturated rings. The van der Waals surface area contributed by atoms with Gasteiger partial charge < -0.3 is 9.64 Å². The number of anilines is 2. The van der Waals surface area contributed by atoms with Crippen molar-refractivity contribution in [3.63, 3.8) is 0 Å². The molecule has 2 atom stereocenters. The zero-order valence-corrected chi connectivity index (χ0v) is 34.7. The number of hydrogen-bond donors (Lipinski definition) is 1. The van der Waals surface area contributed by atoms with Crippen LogP contribution in [-0.4, -0.2) is 48.6 Å². The average molecular weight is 753 g/mol. The Morgan fingerprint density at radius 3 is 2.28 bits per heavy atom. The Labute approximate surface area is 323 Å². The number of aryl methyl sites for hydroxylation is 1. The van der Waals surface area contributed by atoms with Gasteiger partial charge in [-0.15, -0.1) is 0 Å². The molecule has 4 bridgehead atoms. The van der Waals surface area contributed by atoms with Crippen molar-refractivity contribution in [1.82, 2.24) is 19.9 Å². The zero-order chi connectivity index (χ0) is 38.8. The van der Waals surface area contributed by atoms with Gasteiger partial charge in [-0.1, -0.05) is 104 Å². The molecular formula is C44H60N6O3S. The third-order valence-corrected chi connectivity index (χ3v) is 12.2. The van der Waals surface area contributed by atoms with Gasteiger partial charge in [-0.2, -0.15) is 4.98 Å². The second-order valence-corrected chi connectivity index (χ2v) is 19.9. The van der Waals surface area contributed by atoms with E-state index < -0.39 is 10.0 Å². The first-order chi connectivity index (χ1) is 25.5. The van der Waals surface area contributed by atoms with E-state index in [9.17, 15) is 8.42 Å². The molecule has 1 aliphatic carbocycles. The van der Waals surface area contributed by atoms with Crippen molar-refractivity contribution in [2.75, 3.05) is 29.8 Å². The smallest absolute Gasteiger partial charge is 0.264 e. The molecular weight excluding hydrogens is 693 g/mol. The lowest BCUT2D eigenvalue weighted by molar-refractivity contribution is 0.165. The van der Waals surface area contributed by atoms with E-state index >= 15 is 0 Å². The van der Waals surface area contributed by atoms with Crippen LogP contribution >= 0.6 is 0 Å². The summed E-state index contributed by atoms with van der Waals surface area (Å²) in [7, 11) is -1.98. The molecule has 290 valence electrons. The minimum Gasteiger partial charge on any atom is -0.477 e. The van der Waals surface area contributed by atoms with E-state index in [2.05, 4.69) is 83.3 Å². The number of rotatable bonds is 8. The van der Waals surface area contributed by atoms with Crippen molar-refractivity contribution in [3.8, 4) is 17.1 Å². The van der Waals surface area contributed by atoms with E-state index in [1.807, 2.05) is 31.5 Å². The number of sulfonamides is 1. The largest absolute Gasteiger partial charge is 0.477 e. The molecule has 0 saturated heterocycles. The lowest BCUT2D eigenvalue weighted by Crippen LogP contribution is -2.30. The van der Waals surface area contributed by atoms with Gasteiger partial charge in [0.05, 0.1) is 35.3 Å². The fraction of sp³-hybridized carbons (Fsp3) is 0.545. The van der Waals surface area contributed by atoms with E-state index in [1.54, 1.807) is 12.1 Å². The van der Waals surface area contributed by atoms with Crippen molar-refractivity contribution >= 4 is 21.7 Å². The molecule has 6 rings (SSSR count). The molecule has 0 spiro atoms. The van der Waals surface area contributed by atoms with Crippen molar-refractivity contribution in [1.29, 1.82) is 0 Å². The minimum atomic E-state index is -4.05. The van der Waals surface area contributed by atoms with Crippen LogP contribution in [-0.2, 0) is 22.9 Å². The third-order valence-electron chi connectivity index (χ3n) is 10.9. The molecule has 0 radical (unpaired) electrons. The number of aromatic nitrogens is 4. The predicted molar refractivity (Wildman–Crippen MR) is 219 cm³/mol. The summed E-state index contributed by atoms with van der Waals surface area (Å²) < 4.78 is 37.8. The number of fused-ring (bicyclic) bond motifs is 4. The molecule has 1 saturated carbocycles. The lowest BCUT2D eigenvalue weighted by atomic mass is 9.75. The van der Waals surface area contributed by atoms with Crippen LogP contribution in [0.1, 0.15) is 114 Å². The Kier molecular flexibility index (Phi) is 11.7. The Bertz CT molecular complexity index is 2030. The standard InChI is InChI=1S/C44H60N6O3S/c1-29-15-13-19-33(21-31-16-11-10-12-17-31)39(29)40-30(2)41-48-42(47-40)49-54(51,52)36-20-14-18-32(22-36)37(34(27-53-41)24-43(3,4)5)23-38-45-25-35(26-46-38)50(9)28-44(6,7)8/h13-15,18-20,22,25-26,31,34,37H,10-12,16-17,21,23-24,27-28H2,1-9H3,(H,47,48,49)/t34-,37?/m1/s1. The fourth-order valence-corrected chi connectivity index (χ4v) is 9.45. The Morgan fingerprint density at radius 2 is 1.59 bits per heavy atom. The second-order valence-electron chi connectivity index (χ2n) is 18.2. The summed E-state index contributed by atoms with van der Waals surface area (Å²) >= 11 is 0. The highest BCUT2D eigenvalue weighted by Gasteiger charge is 2.32. The quantitative estimate of drug-likeness (QED) is 0.190. The van der Waals surface area contributed by atoms with E-state index in [4.69, 9.17) is 24.7 Å². The van der Waals surface area contributed by atoms with Crippen LogP contribution in [0.4, 0.5) is 11.6 Å². The zero-order valence-electron chi connectivity index (χ0n) is 33.9. The monoisotopic (exact) mass is 752 g/mol. The normalized spacial score (nSPS) is 19.2. The number of nitrogens with one attached hydrogen (secondary N) is 1. The van der Waals surface area contributed by atoms with E-state index in [1.165, 1.54) is 37.7 Å². The second kappa shape index (κ2) is 16.0. The predicted octanol–water partition coefficient (Wildman–Crippen LogP) is 9.73.